The van der Waals surface area contributed by atoms with Crippen LogP contribution < -0.4 is 22.9 Å². The van der Waals surface area contributed by atoms with Gasteiger partial charge in [-0.05, 0) is 38.1 Å². The molecule has 0 aliphatic carbocycles. The maximum atomic E-state index is 12.8. The van der Waals surface area contributed by atoms with Gasteiger partial charge < -0.3 is 5.84 Å². The van der Waals surface area contributed by atoms with Crippen molar-refractivity contribution in [3.63, 3.8) is 0 Å². The van der Waals surface area contributed by atoms with E-state index >= 15 is 0 Å². The van der Waals surface area contributed by atoms with Crippen molar-refractivity contribution in [1.82, 2.24) is 13.8 Å². The van der Waals surface area contributed by atoms with E-state index in [9.17, 15) is 14.4 Å². The van der Waals surface area contributed by atoms with Gasteiger partial charge in [0.1, 0.15) is 0 Å². The second-order valence-electron chi connectivity index (χ2n) is 5.56. The molecule has 2 aromatic carbocycles. The number of nitrogens with two attached hydrogens (primary N) is 1. The minimum atomic E-state index is -0.891. The molecule has 122 valence electrons. The molecule has 0 amide bonds. The highest BCUT2D eigenvalue weighted by Gasteiger charge is 2.16. The zero-order valence-corrected chi connectivity index (χ0v) is 13.3. The highest BCUT2D eigenvalue weighted by atomic mass is 16.2. The minimum Gasteiger partial charge on any atom is -0.331 e. The summed E-state index contributed by atoms with van der Waals surface area (Å²) in [4.78, 5) is 37.4. The van der Waals surface area contributed by atoms with E-state index in [1.54, 1.807) is 48.5 Å². The van der Waals surface area contributed by atoms with Crippen LogP contribution in [0.2, 0.25) is 0 Å². The van der Waals surface area contributed by atoms with Crippen molar-refractivity contribution >= 4 is 0 Å². The Hall–Kier alpha value is -3.35. The van der Waals surface area contributed by atoms with Crippen molar-refractivity contribution in [2.75, 3.05) is 5.84 Å². The summed E-state index contributed by atoms with van der Waals surface area (Å²) in [5.74, 6) is 5.60. The number of rotatable bonds is 2. The molecule has 0 unspecified atom stereocenters. The van der Waals surface area contributed by atoms with Gasteiger partial charge in [0, 0.05) is 0 Å². The van der Waals surface area contributed by atoms with Crippen LogP contribution in [0.25, 0.3) is 11.4 Å². The summed E-state index contributed by atoms with van der Waals surface area (Å²) in [6, 6.07) is 13.6. The highest BCUT2D eigenvalue weighted by molar-refractivity contribution is 5.36. The lowest BCUT2D eigenvalue weighted by Gasteiger charge is -2.12. The van der Waals surface area contributed by atoms with Gasteiger partial charge in [-0.1, -0.05) is 35.4 Å². The van der Waals surface area contributed by atoms with Crippen molar-refractivity contribution in [2.45, 2.75) is 13.8 Å². The largest absolute Gasteiger partial charge is 0.359 e. The molecule has 0 saturated carbocycles. The molecule has 0 atom stereocenters. The molecule has 24 heavy (non-hydrogen) atoms. The van der Waals surface area contributed by atoms with Gasteiger partial charge in [0.15, 0.2) is 0 Å². The lowest BCUT2D eigenvalue weighted by molar-refractivity contribution is 0.641. The van der Waals surface area contributed by atoms with Crippen molar-refractivity contribution in [2.24, 2.45) is 0 Å². The second kappa shape index (κ2) is 5.69. The van der Waals surface area contributed by atoms with Gasteiger partial charge in [0.2, 0.25) is 0 Å². The number of nitrogen functional groups attached to an aromatic ring is 1. The van der Waals surface area contributed by atoms with Crippen LogP contribution in [-0.4, -0.2) is 13.8 Å². The van der Waals surface area contributed by atoms with Gasteiger partial charge in [-0.2, -0.15) is 4.68 Å². The maximum absolute atomic E-state index is 12.8. The number of nitrogens with zero attached hydrogens (tertiary/aromatic N) is 3. The fraction of sp³-hybridized carbons (Fsp3) is 0.118. The quantitative estimate of drug-likeness (QED) is 0.694. The summed E-state index contributed by atoms with van der Waals surface area (Å²) in [6.07, 6.45) is 0. The fourth-order valence-corrected chi connectivity index (χ4v) is 2.39. The Morgan fingerprint density at radius 1 is 0.625 bits per heavy atom. The predicted octanol–water partition coefficient (Wildman–Crippen LogP) is 0.481. The van der Waals surface area contributed by atoms with E-state index < -0.39 is 17.1 Å². The molecule has 7 heteroatoms. The van der Waals surface area contributed by atoms with E-state index in [0.29, 0.717) is 16.1 Å². The molecule has 3 rings (SSSR count). The molecule has 1 heterocycles. The molecule has 0 saturated heterocycles. The Labute approximate surface area is 136 Å². The van der Waals surface area contributed by atoms with Crippen LogP contribution in [0, 0.1) is 13.8 Å². The predicted molar refractivity (Wildman–Crippen MR) is 91.5 cm³/mol. The van der Waals surface area contributed by atoms with Gasteiger partial charge in [-0.25, -0.2) is 23.5 Å². The number of hydrogen-bond acceptors (Lipinski definition) is 4. The molecule has 0 radical (unpaired) electrons. The summed E-state index contributed by atoms with van der Waals surface area (Å²) in [5.41, 5.74) is 0.0959. The molecular weight excluding hydrogens is 308 g/mol. The highest BCUT2D eigenvalue weighted by Crippen LogP contribution is 2.07. The number of aromatic nitrogens is 3. The van der Waals surface area contributed by atoms with Gasteiger partial charge in [0.25, 0.3) is 0 Å². The zero-order valence-electron chi connectivity index (χ0n) is 13.3. The Kier molecular flexibility index (Phi) is 3.69. The third kappa shape index (κ3) is 2.45. The van der Waals surface area contributed by atoms with Crippen LogP contribution in [0.1, 0.15) is 11.1 Å². The molecule has 7 nitrogen and oxygen atoms in total. The monoisotopic (exact) mass is 324 g/mol. The van der Waals surface area contributed by atoms with Crippen LogP contribution in [-0.2, 0) is 0 Å². The summed E-state index contributed by atoms with van der Waals surface area (Å²) in [6.45, 7) is 3.78. The van der Waals surface area contributed by atoms with E-state index in [1.165, 1.54) is 0 Å². The van der Waals surface area contributed by atoms with Crippen LogP contribution >= 0.6 is 0 Å². The first-order valence-corrected chi connectivity index (χ1v) is 7.30. The average molecular weight is 324 g/mol. The minimum absolute atomic E-state index is 0.343. The molecule has 0 bridgehead atoms. The topological polar surface area (TPSA) is 92.0 Å². The Morgan fingerprint density at radius 3 is 1.29 bits per heavy atom. The molecule has 3 aromatic rings. The third-order valence-corrected chi connectivity index (χ3v) is 3.76. The van der Waals surface area contributed by atoms with Crippen LogP contribution in [0.15, 0.2) is 62.9 Å². The fourth-order valence-electron chi connectivity index (χ4n) is 2.39. The van der Waals surface area contributed by atoms with E-state index in [1.807, 2.05) is 13.8 Å². The number of hydrogen-bond donors (Lipinski definition) is 1. The molecule has 0 fully saturated rings. The summed E-state index contributed by atoms with van der Waals surface area (Å²) >= 11 is 0. The van der Waals surface area contributed by atoms with Gasteiger partial charge in [-0.3, -0.25) is 0 Å². The lowest BCUT2D eigenvalue weighted by Crippen LogP contribution is -2.56. The Morgan fingerprint density at radius 2 is 0.958 bits per heavy atom. The first-order valence-electron chi connectivity index (χ1n) is 7.30. The second-order valence-corrected chi connectivity index (χ2v) is 5.56. The first-order chi connectivity index (χ1) is 11.4. The van der Waals surface area contributed by atoms with Crippen LogP contribution in [0.4, 0.5) is 0 Å². The maximum Gasteiger partial charge on any atom is 0.359 e. The van der Waals surface area contributed by atoms with E-state index in [2.05, 4.69) is 0 Å². The van der Waals surface area contributed by atoms with E-state index in [4.69, 9.17) is 5.84 Å². The van der Waals surface area contributed by atoms with Crippen molar-refractivity contribution < 1.29 is 0 Å². The Bertz CT molecular complexity index is 988. The van der Waals surface area contributed by atoms with Crippen molar-refractivity contribution in [1.29, 1.82) is 0 Å². The molecule has 0 aliphatic heterocycles. The SMILES string of the molecule is Cc1ccc(-n2c(=O)n(N)c(=O)n(-c3ccc(C)cc3)c2=O)cc1. The standard InChI is InChI=1S/C17H16N4O3/c1-11-3-7-13(8-4-11)19-15(22)20(17(24)21(18)16(19)23)14-9-5-12(2)6-10-14/h3-10H,18H2,1-2H3. The van der Waals surface area contributed by atoms with Crippen LogP contribution in [0.5, 0.6) is 0 Å². The van der Waals surface area contributed by atoms with Gasteiger partial charge in [-0.15, -0.1) is 0 Å². The summed E-state index contributed by atoms with van der Waals surface area (Å²) in [5, 5.41) is 0. The normalized spacial score (nSPS) is 10.8. The molecule has 0 spiro atoms. The molecule has 2 N–H and O–H groups in total. The third-order valence-electron chi connectivity index (χ3n) is 3.76. The Balaban J connectivity index is 2.38. The number of aryl methyl sites for hydroxylation is 2. The van der Waals surface area contributed by atoms with E-state index in [-0.39, 0.29) is 0 Å². The molecule has 0 aliphatic rings. The zero-order chi connectivity index (χ0) is 17.4. The smallest absolute Gasteiger partial charge is 0.331 e. The molecular formula is C17H16N4O3. The van der Waals surface area contributed by atoms with Crippen LogP contribution in [0.3, 0.4) is 0 Å². The van der Waals surface area contributed by atoms with Gasteiger partial charge in [0.05, 0.1) is 11.4 Å². The van der Waals surface area contributed by atoms with Crippen molar-refractivity contribution in [3.05, 3.63) is 91.1 Å². The first kappa shape index (κ1) is 15.5. The summed E-state index contributed by atoms with van der Waals surface area (Å²) in [7, 11) is 0. The average Bonchev–Trinajstić information content (AvgIpc) is 2.56. The van der Waals surface area contributed by atoms with Crippen molar-refractivity contribution in [3.8, 4) is 11.4 Å². The van der Waals surface area contributed by atoms with E-state index in [0.717, 1.165) is 20.3 Å². The number of benzene rings is 2. The van der Waals surface area contributed by atoms with Gasteiger partial charge >= 0.3 is 17.1 Å². The molecule has 1 aromatic heterocycles. The summed E-state index contributed by atoms with van der Waals surface area (Å²) < 4.78 is 2.18. The lowest BCUT2D eigenvalue weighted by atomic mass is 10.2.